The van der Waals surface area contributed by atoms with Crippen molar-refractivity contribution in [3.8, 4) is 0 Å². The topological polar surface area (TPSA) is 68.2 Å². The molecule has 1 saturated carbocycles. The first-order chi connectivity index (χ1) is 15.2. The van der Waals surface area contributed by atoms with E-state index in [-0.39, 0.29) is 42.5 Å². The molecule has 0 spiro atoms. The SMILES string of the molecule is CCCCC[C@H](C=C[C@@H](OCOCC[Si](C)(C)C)[C@@H]1C[C@H]1[C@H](O)CO)O[Si](C)(C)C(C)(C)C. The Morgan fingerprint density at radius 1 is 1.03 bits per heavy atom. The molecule has 0 aromatic heterocycles. The predicted molar refractivity (Wildman–Crippen MR) is 144 cm³/mol. The van der Waals surface area contributed by atoms with Crippen molar-refractivity contribution in [1.82, 2.24) is 0 Å². The summed E-state index contributed by atoms with van der Waals surface area (Å²) in [4.78, 5) is 0. The first kappa shape index (κ1) is 31.0. The highest BCUT2D eigenvalue weighted by Crippen LogP contribution is 2.45. The van der Waals surface area contributed by atoms with Gasteiger partial charge in [-0.1, -0.05) is 78.8 Å². The van der Waals surface area contributed by atoms with Gasteiger partial charge in [0, 0.05) is 14.7 Å². The Morgan fingerprint density at radius 3 is 2.24 bits per heavy atom. The highest BCUT2D eigenvalue weighted by Gasteiger charge is 2.47. The second kappa shape index (κ2) is 13.9. The van der Waals surface area contributed by atoms with E-state index in [0.717, 1.165) is 31.9 Å². The predicted octanol–water partition coefficient (Wildman–Crippen LogP) is 6.20. The quantitative estimate of drug-likeness (QED) is 0.107. The number of ether oxygens (including phenoxy) is 2. The molecule has 0 saturated heterocycles. The minimum atomic E-state index is -1.89. The van der Waals surface area contributed by atoms with Crippen LogP contribution in [-0.4, -0.2) is 64.9 Å². The summed E-state index contributed by atoms with van der Waals surface area (Å²) in [6, 6.07) is 1.12. The van der Waals surface area contributed by atoms with Crippen LogP contribution in [0, 0.1) is 11.8 Å². The van der Waals surface area contributed by atoms with Crippen LogP contribution in [0.1, 0.15) is 59.8 Å². The van der Waals surface area contributed by atoms with Crippen molar-refractivity contribution in [2.75, 3.05) is 20.0 Å². The smallest absolute Gasteiger partial charge is 0.192 e. The van der Waals surface area contributed by atoms with Gasteiger partial charge >= 0.3 is 0 Å². The molecule has 0 amide bonds. The number of unbranched alkanes of at least 4 members (excludes halogenated alkanes) is 2. The lowest BCUT2D eigenvalue weighted by atomic mass is 10.1. The maximum absolute atomic E-state index is 10.1. The van der Waals surface area contributed by atoms with Crippen LogP contribution < -0.4 is 0 Å². The highest BCUT2D eigenvalue weighted by molar-refractivity contribution is 6.76. The van der Waals surface area contributed by atoms with E-state index in [0.29, 0.717) is 0 Å². The van der Waals surface area contributed by atoms with E-state index in [9.17, 15) is 10.2 Å². The fraction of sp³-hybridized carbons (Fsp3) is 0.923. The molecule has 5 nitrogen and oxygen atoms in total. The normalized spacial score (nSPS) is 22.5. The summed E-state index contributed by atoms with van der Waals surface area (Å²) < 4.78 is 18.7. The van der Waals surface area contributed by atoms with Gasteiger partial charge in [0.1, 0.15) is 6.79 Å². The van der Waals surface area contributed by atoms with Crippen molar-refractivity contribution in [2.24, 2.45) is 11.8 Å². The Balaban J connectivity index is 2.84. The molecule has 0 aromatic rings. The summed E-state index contributed by atoms with van der Waals surface area (Å²) in [5.41, 5.74) is 0. The average molecular weight is 503 g/mol. The van der Waals surface area contributed by atoms with Crippen LogP contribution in [0.5, 0.6) is 0 Å². The maximum Gasteiger partial charge on any atom is 0.192 e. The van der Waals surface area contributed by atoms with Gasteiger partial charge in [0.25, 0.3) is 0 Å². The third kappa shape index (κ3) is 12.0. The number of hydrogen-bond acceptors (Lipinski definition) is 5. The van der Waals surface area contributed by atoms with Gasteiger partial charge in [-0.2, -0.15) is 0 Å². The summed E-state index contributed by atoms with van der Waals surface area (Å²) in [5, 5.41) is 19.6. The zero-order valence-electron chi connectivity index (χ0n) is 23.0. The second-order valence-electron chi connectivity index (χ2n) is 12.6. The van der Waals surface area contributed by atoms with E-state index < -0.39 is 22.5 Å². The van der Waals surface area contributed by atoms with Gasteiger partial charge in [0.15, 0.2) is 8.32 Å². The minimum Gasteiger partial charge on any atom is -0.411 e. The van der Waals surface area contributed by atoms with E-state index >= 15 is 0 Å². The van der Waals surface area contributed by atoms with Gasteiger partial charge < -0.3 is 24.1 Å². The summed E-state index contributed by atoms with van der Waals surface area (Å²) in [7, 11) is -3.02. The van der Waals surface area contributed by atoms with Gasteiger partial charge in [-0.3, -0.25) is 0 Å². The van der Waals surface area contributed by atoms with Gasteiger partial charge in [-0.15, -0.1) is 0 Å². The summed E-state index contributed by atoms with van der Waals surface area (Å²) in [6.07, 6.45) is 9.06. The average Bonchev–Trinajstić information content (AvgIpc) is 3.48. The van der Waals surface area contributed by atoms with Crippen LogP contribution in [0.4, 0.5) is 0 Å². The number of aliphatic hydroxyl groups excluding tert-OH is 2. The lowest BCUT2D eigenvalue weighted by molar-refractivity contribution is -0.0810. The van der Waals surface area contributed by atoms with Crippen molar-refractivity contribution in [1.29, 1.82) is 0 Å². The van der Waals surface area contributed by atoms with Gasteiger partial charge in [0.2, 0.25) is 0 Å². The van der Waals surface area contributed by atoms with Crippen LogP contribution in [-0.2, 0) is 13.9 Å². The molecule has 1 rings (SSSR count). The van der Waals surface area contributed by atoms with Crippen LogP contribution >= 0.6 is 0 Å². The van der Waals surface area contributed by atoms with E-state index in [1.807, 2.05) is 0 Å². The van der Waals surface area contributed by atoms with E-state index in [2.05, 4.69) is 72.6 Å². The molecule has 0 heterocycles. The number of rotatable bonds is 17. The Labute approximate surface area is 206 Å². The van der Waals surface area contributed by atoms with Crippen molar-refractivity contribution >= 4 is 16.4 Å². The van der Waals surface area contributed by atoms with Crippen LogP contribution in [0.2, 0.25) is 43.8 Å². The van der Waals surface area contributed by atoms with Gasteiger partial charge in [-0.25, -0.2) is 0 Å². The van der Waals surface area contributed by atoms with Crippen LogP contribution in [0.3, 0.4) is 0 Å². The fourth-order valence-corrected chi connectivity index (χ4v) is 5.72. The summed E-state index contributed by atoms with van der Waals surface area (Å²) in [5.74, 6) is 0.305. The minimum absolute atomic E-state index is 0.0799. The van der Waals surface area contributed by atoms with Crippen molar-refractivity contribution in [3.63, 3.8) is 0 Å². The zero-order valence-corrected chi connectivity index (χ0v) is 25.0. The fourth-order valence-electron chi connectivity index (χ4n) is 3.66. The molecule has 0 aromatic carbocycles. The number of hydrogen-bond donors (Lipinski definition) is 2. The van der Waals surface area contributed by atoms with Crippen LogP contribution in [0.25, 0.3) is 0 Å². The van der Waals surface area contributed by atoms with E-state index in [1.165, 1.54) is 12.8 Å². The lowest BCUT2D eigenvalue weighted by Crippen LogP contribution is -2.43. The van der Waals surface area contributed by atoms with Crippen molar-refractivity contribution in [3.05, 3.63) is 12.2 Å². The Kier molecular flexibility index (Phi) is 13.1. The molecule has 1 fully saturated rings. The molecule has 1 aliphatic rings. The van der Waals surface area contributed by atoms with Crippen LogP contribution in [0.15, 0.2) is 12.2 Å². The second-order valence-corrected chi connectivity index (χ2v) is 23.0. The first-order valence-corrected chi connectivity index (χ1v) is 19.7. The van der Waals surface area contributed by atoms with Crippen molar-refractivity contribution in [2.45, 2.75) is 122 Å². The monoisotopic (exact) mass is 502 g/mol. The molecule has 2 N–H and O–H groups in total. The van der Waals surface area contributed by atoms with E-state index in [1.54, 1.807) is 0 Å². The molecular formula is C26H54O5Si2. The molecule has 33 heavy (non-hydrogen) atoms. The Bertz CT molecular complexity index is 568. The molecule has 1 aliphatic carbocycles. The first-order valence-electron chi connectivity index (χ1n) is 13.1. The third-order valence-corrected chi connectivity index (χ3v) is 13.4. The Hall–Kier alpha value is -0.0262. The lowest BCUT2D eigenvalue weighted by Gasteiger charge is -2.38. The molecule has 0 unspecified atom stereocenters. The molecule has 5 atom stereocenters. The standard InChI is InChI=1S/C26H54O5Si2/c1-10-11-12-13-21(31-33(8,9)26(2,3)4)14-15-25(23-18-22(23)24(28)19-27)30-20-29-16-17-32(5,6)7/h14-15,21-25,27-28H,10-13,16-20H2,1-9H3/t21-,22-,23-,24-,25-/m1/s1. The zero-order chi connectivity index (χ0) is 25.3. The molecule has 0 radical (unpaired) electrons. The Morgan fingerprint density at radius 2 is 1.70 bits per heavy atom. The summed E-state index contributed by atoms with van der Waals surface area (Å²) >= 11 is 0. The molecule has 0 aliphatic heterocycles. The third-order valence-electron chi connectivity index (χ3n) is 7.19. The molecular weight excluding hydrogens is 448 g/mol. The number of aliphatic hydroxyl groups is 2. The van der Waals surface area contributed by atoms with Gasteiger partial charge in [-0.05, 0) is 48.9 Å². The molecule has 7 heteroatoms. The maximum atomic E-state index is 10.1. The molecule has 0 bridgehead atoms. The summed E-state index contributed by atoms with van der Waals surface area (Å²) in [6.45, 7) is 21.5. The molecule has 196 valence electrons. The van der Waals surface area contributed by atoms with Crippen molar-refractivity contribution < 1.29 is 24.1 Å². The highest BCUT2D eigenvalue weighted by atomic mass is 28.4. The largest absolute Gasteiger partial charge is 0.411 e. The van der Waals surface area contributed by atoms with Gasteiger partial charge in [0.05, 0.1) is 24.9 Å². The van der Waals surface area contributed by atoms with E-state index in [4.69, 9.17) is 13.9 Å².